The average molecular weight is 813 g/mol. The van der Waals surface area contributed by atoms with Crippen LogP contribution in [0.4, 0.5) is 4.39 Å². The van der Waals surface area contributed by atoms with Crippen LogP contribution in [-0.4, -0.2) is 31.1 Å². The topological polar surface area (TPSA) is 62.1 Å². The molecule has 0 amide bonds. The minimum Gasteiger partial charge on any atom is -0.483 e. The third kappa shape index (κ3) is 7.21. The van der Waals surface area contributed by atoms with Gasteiger partial charge in [0.25, 0.3) is 0 Å². The molecular formula is C52H49FN4O2S. The van der Waals surface area contributed by atoms with Crippen molar-refractivity contribution in [3.63, 3.8) is 0 Å². The van der Waals surface area contributed by atoms with Gasteiger partial charge in [-0.05, 0) is 98.6 Å². The van der Waals surface area contributed by atoms with Crippen LogP contribution in [0.25, 0.3) is 32.9 Å². The molecule has 60 heavy (non-hydrogen) atoms. The highest BCUT2D eigenvalue weighted by atomic mass is 32.2. The van der Waals surface area contributed by atoms with Crippen LogP contribution >= 0.6 is 11.8 Å². The molecule has 1 saturated carbocycles. The molecule has 1 aliphatic rings. The average Bonchev–Trinajstić information content (AvgIpc) is 4.02. The zero-order valence-electron chi connectivity index (χ0n) is 34.9. The van der Waals surface area contributed by atoms with Crippen LogP contribution in [0.5, 0.6) is 11.6 Å². The lowest BCUT2D eigenvalue weighted by Gasteiger charge is -2.36. The van der Waals surface area contributed by atoms with E-state index in [1.807, 2.05) is 68.8 Å². The Bertz CT molecular complexity index is 2710. The van der Waals surface area contributed by atoms with Crippen LogP contribution in [0.2, 0.25) is 0 Å². The first-order valence-electron chi connectivity index (χ1n) is 20.8. The number of aromatic nitrogens is 4. The summed E-state index contributed by atoms with van der Waals surface area (Å²) in [6, 6.07) is 45.3. The zero-order valence-corrected chi connectivity index (χ0v) is 35.8. The molecule has 1 unspecified atom stereocenters. The van der Waals surface area contributed by atoms with Gasteiger partial charge in [-0.3, -0.25) is 4.68 Å². The maximum absolute atomic E-state index is 16.9. The molecule has 1 aliphatic carbocycles. The minimum atomic E-state index is -0.896. The molecule has 1 atom stereocenters. The SMILES string of the molecule is CCSc1nc(OC(C)(C)C)c2cc(C3CC3)c(-c3c(C)c(F)cc4nn(C(c5ccccc5)(c5ccccc5)c5ccccc5)cc34)c(OC(C)c3ccccc3)c2n1. The smallest absolute Gasteiger partial charge is 0.226 e. The van der Waals surface area contributed by atoms with Crippen molar-refractivity contribution in [3.8, 4) is 22.8 Å². The van der Waals surface area contributed by atoms with Crippen molar-refractivity contribution in [3.05, 3.63) is 179 Å². The second-order valence-corrected chi connectivity index (χ2v) is 17.9. The molecule has 8 heteroatoms. The summed E-state index contributed by atoms with van der Waals surface area (Å²) in [5.74, 6) is 1.78. The summed E-state index contributed by atoms with van der Waals surface area (Å²) in [4.78, 5) is 10.2. The van der Waals surface area contributed by atoms with Gasteiger partial charge in [-0.15, -0.1) is 0 Å². The van der Waals surface area contributed by atoms with Gasteiger partial charge in [0.2, 0.25) is 5.88 Å². The number of hydrogen-bond donors (Lipinski definition) is 0. The number of thioether (sulfide) groups is 1. The number of benzene rings is 6. The normalized spacial score (nSPS) is 13.8. The Labute approximate surface area is 355 Å². The molecule has 0 radical (unpaired) electrons. The van der Waals surface area contributed by atoms with Crippen molar-refractivity contribution in [1.82, 2.24) is 19.7 Å². The van der Waals surface area contributed by atoms with Gasteiger partial charge in [-0.1, -0.05) is 140 Å². The van der Waals surface area contributed by atoms with Crippen molar-refractivity contribution < 1.29 is 13.9 Å². The molecule has 6 aromatic carbocycles. The molecule has 0 saturated heterocycles. The standard InChI is InChI=1S/C52H49FN4O2S/c1-7-60-50-54-47-41(49(55-50)59-51(4,5)6)30-40(36-28-29-36)46(48(47)58-34(3)35-20-12-8-13-21-35)45-33(2)43(53)31-44-42(45)32-57(56-44)52(37-22-14-9-15-23-37,38-24-16-10-17-25-38)39-26-18-11-19-27-39/h8-27,30-32,34,36H,7,28-29H2,1-6H3. The summed E-state index contributed by atoms with van der Waals surface area (Å²) < 4.78 is 32.8. The second kappa shape index (κ2) is 15.9. The van der Waals surface area contributed by atoms with Crippen LogP contribution in [0.1, 0.15) is 92.9 Å². The third-order valence-corrected chi connectivity index (χ3v) is 12.1. The highest BCUT2D eigenvalue weighted by molar-refractivity contribution is 7.99. The Kier molecular flexibility index (Phi) is 10.4. The molecule has 1 fully saturated rings. The van der Waals surface area contributed by atoms with Gasteiger partial charge in [0, 0.05) is 28.8 Å². The lowest BCUT2D eigenvalue weighted by atomic mass is 9.77. The molecule has 302 valence electrons. The van der Waals surface area contributed by atoms with Crippen LogP contribution in [0, 0.1) is 12.7 Å². The third-order valence-electron chi connectivity index (χ3n) is 11.4. The summed E-state index contributed by atoms with van der Waals surface area (Å²) in [7, 11) is 0. The van der Waals surface area contributed by atoms with Gasteiger partial charge in [-0.2, -0.15) is 10.1 Å². The highest BCUT2D eigenvalue weighted by Crippen LogP contribution is 2.54. The molecular weight excluding hydrogens is 764 g/mol. The van der Waals surface area contributed by atoms with E-state index in [9.17, 15) is 0 Å². The fourth-order valence-electron chi connectivity index (χ4n) is 8.49. The van der Waals surface area contributed by atoms with Crippen molar-refractivity contribution in [2.45, 2.75) is 82.7 Å². The van der Waals surface area contributed by atoms with Gasteiger partial charge >= 0.3 is 0 Å². The summed E-state index contributed by atoms with van der Waals surface area (Å²) >= 11 is 1.56. The van der Waals surface area contributed by atoms with E-state index in [-0.39, 0.29) is 17.8 Å². The van der Waals surface area contributed by atoms with Gasteiger partial charge in [0.1, 0.15) is 28.6 Å². The monoisotopic (exact) mass is 812 g/mol. The van der Waals surface area contributed by atoms with Crippen LogP contribution in [0.15, 0.2) is 145 Å². The molecule has 8 aromatic rings. The Morgan fingerprint density at radius 1 is 0.767 bits per heavy atom. The van der Waals surface area contributed by atoms with Crippen molar-refractivity contribution >= 4 is 33.6 Å². The molecule has 0 bridgehead atoms. The molecule has 6 nitrogen and oxygen atoms in total. The maximum Gasteiger partial charge on any atom is 0.226 e. The summed E-state index contributed by atoms with van der Waals surface area (Å²) in [5.41, 5.74) is 7.06. The van der Waals surface area contributed by atoms with E-state index < -0.39 is 11.1 Å². The fraction of sp³-hybridized carbons (Fsp3) is 0.250. The maximum atomic E-state index is 16.9. The fourth-order valence-corrected chi connectivity index (χ4v) is 9.06. The predicted molar refractivity (Wildman–Crippen MR) is 242 cm³/mol. The van der Waals surface area contributed by atoms with E-state index in [0.717, 1.165) is 68.3 Å². The number of fused-ring (bicyclic) bond motifs is 2. The van der Waals surface area contributed by atoms with Crippen molar-refractivity contribution in [2.75, 3.05) is 5.75 Å². The molecule has 0 spiro atoms. The van der Waals surface area contributed by atoms with E-state index in [2.05, 4.69) is 111 Å². The van der Waals surface area contributed by atoms with Crippen LogP contribution in [-0.2, 0) is 5.54 Å². The predicted octanol–water partition coefficient (Wildman–Crippen LogP) is 13.2. The van der Waals surface area contributed by atoms with E-state index in [4.69, 9.17) is 24.5 Å². The second-order valence-electron chi connectivity index (χ2n) is 16.6. The Hall–Kier alpha value is -5.99. The van der Waals surface area contributed by atoms with Crippen molar-refractivity contribution in [1.29, 1.82) is 0 Å². The number of rotatable bonds is 12. The van der Waals surface area contributed by atoms with E-state index in [0.29, 0.717) is 33.4 Å². The Morgan fingerprint density at radius 2 is 1.33 bits per heavy atom. The van der Waals surface area contributed by atoms with Gasteiger partial charge < -0.3 is 9.47 Å². The van der Waals surface area contributed by atoms with Crippen molar-refractivity contribution in [2.24, 2.45) is 0 Å². The van der Waals surface area contributed by atoms with Crippen LogP contribution in [0.3, 0.4) is 0 Å². The minimum absolute atomic E-state index is 0.232. The molecule has 2 heterocycles. The quantitative estimate of drug-likeness (QED) is 0.0696. The van der Waals surface area contributed by atoms with E-state index in [1.54, 1.807) is 17.8 Å². The summed E-state index contributed by atoms with van der Waals surface area (Å²) in [6.07, 6.45) is 3.76. The number of hydrogen-bond acceptors (Lipinski definition) is 6. The molecule has 0 N–H and O–H groups in total. The van der Waals surface area contributed by atoms with Gasteiger partial charge in [0.05, 0.1) is 10.9 Å². The summed E-state index contributed by atoms with van der Waals surface area (Å²) in [5, 5.41) is 7.57. The largest absolute Gasteiger partial charge is 0.483 e. The molecule has 9 rings (SSSR count). The Balaban J connectivity index is 1.40. The lowest BCUT2D eigenvalue weighted by Crippen LogP contribution is -2.38. The molecule has 0 aliphatic heterocycles. The number of halogens is 1. The number of ether oxygens (including phenoxy) is 2. The van der Waals surface area contributed by atoms with Gasteiger partial charge in [-0.25, -0.2) is 9.37 Å². The Morgan fingerprint density at radius 3 is 1.87 bits per heavy atom. The van der Waals surface area contributed by atoms with Crippen LogP contribution < -0.4 is 9.47 Å². The van der Waals surface area contributed by atoms with E-state index >= 15 is 4.39 Å². The first-order chi connectivity index (χ1) is 29.1. The first-order valence-corrected chi connectivity index (χ1v) is 21.8. The number of nitrogens with zero attached hydrogens (tertiary/aromatic N) is 4. The van der Waals surface area contributed by atoms with E-state index in [1.165, 1.54) is 0 Å². The molecule has 2 aromatic heterocycles. The zero-order chi connectivity index (χ0) is 41.6. The first kappa shape index (κ1) is 39.5. The highest BCUT2D eigenvalue weighted by Gasteiger charge is 2.41. The van der Waals surface area contributed by atoms with Gasteiger partial charge in [0.15, 0.2) is 10.9 Å². The summed E-state index contributed by atoms with van der Waals surface area (Å²) in [6.45, 7) is 12.1. The lowest BCUT2D eigenvalue weighted by molar-refractivity contribution is 0.125.